The Labute approximate surface area is 72.9 Å². The molecule has 1 aromatic heterocycles. The zero-order valence-corrected chi connectivity index (χ0v) is 7.10. The lowest BCUT2D eigenvalue weighted by molar-refractivity contribution is 0.0995. The van der Waals surface area contributed by atoms with E-state index in [0.717, 1.165) is 0 Å². The van der Waals surface area contributed by atoms with Crippen molar-refractivity contribution in [3.05, 3.63) is 11.3 Å². The van der Waals surface area contributed by atoms with Gasteiger partial charge in [0.15, 0.2) is 0 Å². The van der Waals surface area contributed by atoms with E-state index in [1.807, 2.05) is 6.07 Å². The van der Waals surface area contributed by atoms with Gasteiger partial charge >= 0.3 is 0 Å². The van der Waals surface area contributed by atoms with Crippen LogP contribution in [0.4, 0.5) is 0 Å². The van der Waals surface area contributed by atoms with Crippen LogP contribution in [0.5, 0.6) is 0 Å². The first-order valence-corrected chi connectivity index (χ1v) is 4.25. The Morgan fingerprint density at radius 3 is 2.92 bits per heavy atom. The molecule has 0 aromatic carbocycles. The molecule has 0 aliphatic rings. The number of rotatable bonds is 2. The van der Waals surface area contributed by atoms with Crippen LogP contribution in [0.2, 0.25) is 0 Å². The number of hydrogen-bond acceptors (Lipinski definition) is 4. The van der Waals surface area contributed by atoms with E-state index in [9.17, 15) is 4.79 Å². The largest absolute Gasteiger partial charge is 0.364 e. The molecule has 1 rings (SSSR count). The van der Waals surface area contributed by atoms with Crippen molar-refractivity contribution in [3.8, 4) is 6.07 Å². The normalized spacial score (nSPS) is 9.33. The summed E-state index contributed by atoms with van der Waals surface area (Å²) < 4.78 is 0. The molecule has 6 heteroatoms. The maximum atomic E-state index is 10.7. The van der Waals surface area contributed by atoms with Crippen molar-refractivity contribution >= 4 is 17.7 Å². The number of nitrogens with one attached hydrogen (secondary N) is 1. The van der Waals surface area contributed by atoms with Crippen LogP contribution in [0.15, 0.2) is 5.03 Å². The molecule has 0 fully saturated rings. The monoisotopic (exact) mass is 182 g/mol. The number of nitriles is 1. The van der Waals surface area contributed by atoms with Gasteiger partial charge in [0.1, 0.15) is 22.4 Å². The second-order valence-corrected chi connectivity index (χ2v) is 2.75. The van der Waals surface area contributed by atoms with Crippen molar-refractivity contribution < 1.29 is 4.79 Å². The summed E-state index contributed by atoms with van der Waals surface area (Å²) in [5.74, 6) is -0.667. The molecule has 1 amide bonds. The van der Waals surface area contributed by atoms with Crippen LogP contribution in [0, 0.1) is 11.3 Å². The van der Waals surface area contributed by atoms with Crippen molar-refractivity contribution in [3.63, 3.8) is 0 Å². The van der Waals surface area contributed by atoms with Crippen molar-refractivity contribution in [2.24, 2.45) is 5.73 Å². The molecule has 0 saturated carbocycles. The highest BCUT2D eigenvalue weighted by atomic mass is 32.2. The van der Waals surface area contributed by atoms with E-state index in [4.69, 9.17) is 11.0 Å². The van der Waals surface area contributed by atoms with Crippen LogP contribution in [0.3, 0.4) is 0 Å². The number of thioether (sulfide) groups is 1. The van der Waals surface area contributed by atoms with Crippen LogP contribution in [0.25, 0.3) is 0 Å². The van der Waals surface area contributed by atoms with Crippen molar-refractivity contribution in [1.29, 1.82) is 5.26 Å². The Morgan fingerprint density at radius 1 is 1.83 bits per heavy atom. The Kier molecular flexibility index (Phi) is 2.35. The third-order valence-corrected chi connectivity index (χ3v) is 1.97. The molecule has 0 aliphatic carbocycles. The summed E-state index contributed by atoms with van der Waals surface area (Å²) in [6.07, 6.45) is 1.77. The van der Waals surface area contributed by atoms with Gasteiger partial charge in [-0.25, -0.2) is 0 Å². The standard InChI is InChI=1S/C6H6N4OS/c1-12-6-3(2-7)4(5(8)11)9-10-6/h1H3,(H2,8,11)(H,9,10). The average Bonchev–Trinajstić information content (AvgIpc) is 2.46. The summed E-state index contributed by atoms with van der Waals surface area (Å²) in [6, 6.07) is 1.86. The van der Waals surface area contributed by atoms with Crippen LogP contribution in [-0.2, 0) is 0 Å². The lowest BCUT2D eigenvalue weighted by Crippen LogP contribution is -2.12. The highest BCUT2D eigenvalue weighted by Crippen LogP contribution is 2.18. The Balaban J connectivity index is 3.25. The van der Waals surface area contributed by atoms with Crippen LogP contribution in [0.1, 0.15) is 16.1 Å². The molecule has 0 bridgehead atoms. The number of aromatic nitrogens is 2. The molecule has 0 unspecified atom stereocenters. The quantitative estimate of drug-likeness (QED) is 0.634. The van der Waals surface area contributed by atoms with Gasteiger partial charge in [-0.05, 0) is 6.26 Å². The third-order valence-electron chi connectivity index (χ3n) is 1.28. The predicted molar refractivity (Wildman–Crippen MR) is 43.6 cm³/mol. The molecule has 0 atom stereocenters. The molecule has 12 heavy (non-hydrogen) atoms. The summed E-state index contributed by atoms with van der Waals surface area (Å²) in [5.41, 5.74) is 5.28. The number of nitrogens with two attached hydrogens (primary N) is 1. The minimum absolute atomic E-state index is 0.0712. The van der Waals surface area contributed by atoms with Crippen molar-refractivity contribution in [2.45, 2.75) is 5.03 Å². The topological polar surface area (TPSA) is 95.6 Å². The lowest BCUT2D eigenvalue weighted by Gasteiger charge is -1.88. The summed E-state index contributed by atoms with van der Waals surface area (Å²) in [5, 5.41) is 15.3. The number of nitrogens with zero attached hydrogens (tertiary/aromatic N) is 2. The summed E-state index contributed by atoms with van der Waals surface area (Å²) in [6.45, 7) is 0. The Hall–Kier alpha value is -1.48. The average molecular weight is 182 g/mol. The SMILES string of the molecule is CSc1n[nH]c(C(N)=O)c1C#N. The molecule has 62 valence electrons. The van der Waals surface area contributed by atoms with Crippen LogP contribution < -0.4 is 5.73 Å². The predicted octanol–water partition coefficient (Wildman–Crippen LogP) is 0.102. The molecule has 0 radical (unpaired) electrons. The molecular formula is C6H6N4OS. The summed E-state index contributed by atoms with van der Waals surface area (Å²) >= 11 is 1.29. The van der Waals surface area contributed by atoms with Gasteiger partial charge in [-0.2, -0.15) is 10.4 Å². The number of carbonyl (C=O) groups is 1. The third kappa shape index (κ3) is 1.26. The van der Waals surface area contributed by atoms with E-state index in [2.05, 4.69) is 10.2 Å². The highest BCUT2D eigenvalue weighted by Gasteiger charge is 2.15. The minimum atomic E-state index is -0.667. The summed E-state index contributed by atoms with van der Waals surface area (Å²) in [4.78, 5) is 10.7. The first kappa shape index (κ1) is 8.62. The van der Waals surface area contributed by atoms with E-state index in [1.54, 1.807) is 6.26 Å². The minimum Gasteiger partial charge on any atom is -0.364 e. The number of carbonyl (C=O) groups excluding carboxylic acids is 1. The molecule has 1 heterocycles. The zero-order valence-electron chi connectivity index (χ0n) is 6.29. The molecule has 5 nitrogen and oxygen atoms in total. The number of primary amides is 1. The Bertz CT molecular complexity index is 351. The van der Waals surface area contributed by atoms with Crippen molar-refractivity contribution in [2.75, 3.05) is 6.26 Å². The molecule has 1 aromatic rings. The number of aromatic amines is 1. The van der Waals surface area contributed by atoms with Crippen molar-refractivity contribution in [1.82, 2.24) is 10.2 Å². The van der Waals surface area contributed by atoms with E-state index in [-0.39, 0.29) is 11.3 Å². The fourth-order valence-corrected chi connectivity index (χ4v) is 1.24. The van der Waals surface area contributed by atoms with E-state index in [1.165, 1.54) is 11.8 Å². The zero-order chi connectivity index (χ0) is 9.14. The van der Waals surface area contributed by atoms with E-state index in [0.29, 0.717) is 5.03 Å². The van der Waals surface area contributed by atoms with Gasteiger partial charge in [0, 0.05) is 0 Å². The second-order valence-electron chi connectivity index (χ2n) is 1.96. The molecule has 0 aliphatic heterocycles. The van der Waals surface area contributed by atoms with E-state index < -0.39 is 5.91 Å². The highest BCUT2D eigenvalue weighted by molar-refractivity contribution is 7.98. The molecule has 0 spiro atoms. The smallest absolute Gasteiger partial charge is 0.268 e. The van der Waals surface area contributed by atoms with Crippen LogP contribution >= 0.6 is 11.8 Å². The van der Waals surface area contributed by atoms with Gasteiger partial charge in [0.2, 0.25) is 0 Å². The summed E-state index contributed by atoms with van der Waals surface area (Å²) in [7, 11) is 0. The van der Waals surface area contributed by atoms with Gasteiger partial charge in [-0.1, -0.05) is 0 Å². The molecular weight excluding hydrogens is 176 g/mol. The van der Waals surface area contributed by atoms with Crippen LogP contribution in [-0.4, -0.2) is 22.4 Å². The molecule has 3 N–H and O–H groups in total. The first-order valence-electron chi connectivity index (χ1n) is 3.03. The number of H-pyrrole nitrogens is 1. The van der Waals surface area contributed by atoms with Gasteiger partial charge in [0.25, 0.3) is 5.91 Å². The van der Waals surface area contributed by atoms with E-state index >= 15 is 0 Å². The fraction of sp³-hybridized carbons (Fsp3) is 0.167. The van der Waals surface area contributed by atoms with Gasteiger partial charge in [-0.15, -0.1) is 11.8 Å². The first-order chi connectivity index (χ1) is 5.70. The molecule has 0 saturated heterocycles. The Morgan fingerprint density at radius 2 is 2.50 bits per heavy atom. The number of amides is 1. The second kappa shape index (κ2) is 3.28. The fourth-order valence-electron chi connectivity index (χ4n) is 0.755. The maximum absolute atomic E-state index is 10.7. The lowest BCUT2D eigenvalue weighted by atomic mass is 10.2. The maximum Gasteiger partial charge on any atom is 0.268 e. The van der Waals surface area contributed by atoms with Gasteiger partial charge < -0.3 is 5.73 Å². The van der Waals surface area contributed by atoms with Gasteiger partial charge in [-0.3, -0.25) is 9.89 Å². The number of hydrogen-bond donors (Lipinski definition) is 2. The van der Waals surface area contributed by atoms with Gasteiger partial charge in [0.05, 0.1) is 0 Å².